The Morgan fingerprint density at radius 2 is 2.10 bits per heavy atom. The van der Waals surface area contributed by atoms with Crippen molar-refractivity contribution in [1.82, 2.24) is 5.32 Å². The number of carbonyl (C=O) groups is 1. The average Bonchev–Trinajstić information content (AvgIpc) is 2.49. The Morgan fingerprint density at radius 3 is 2.67 bits per heavy atom. The van der Waals surface area contributed by atoms with Gasteiger partial charge in [0.2, 0.25) is 5.91 Å². The Morgan fingerprint density at radius 1 is 1.38 bits per heavy atom. The summed E-state index contributed by atoms with van der Waals surface area (Å²) in [6.45, 7) is 5.39. The number of rotatable bonds is 9. The molecule has 5 heteroatoms. The number of carbonyl (C=O) groups excluding carboxylic acids is 1. The van der Waals surface area contributed by atoms with Crippen LogP contribution >= 0.6 is 11.8 Å². The first kappa shape index (κ1) is 17.7. The molecule has 0 radical (unpaired) electrons. The van der Waals surface area contributed by atoms with Gasteiger partial charge in [-0.15, -0.1) is 0 Å². The Bertz CT molecular complexity index is 439. The highest BCUT2D eigenvalue weighted by atomic mass is 32.2. The summed E-state index contributed by atoms with van der Waals surface area (Å²) >= 11 is 1.82. The lowest BCUT2D eigenvalue weighted by Crippen LogP contribution is -2.39. The molecule has 0 saturated carbocycles. The van der Waals surface area contributed by atoms with Gasteiger partial charge in [0.1, 0.15) is 5.75 Å². The molecule has 0 aromatic heterocycles. The number of hydrogen-bond donors (Lipinski definition) is 2. The van der Waals surface area contributed by atoms with Gasteiger partial charge in [-0.05, 0) is 31.2 Å². The van der Waals surface area contributed by atoms with Crippen molar-refractivity contribution in [2.45, 2.75) is 37.9 Å². The fourth-order valence-corrected chi connectivity index (χ4v) is 2.87. The van der Waals surface area contributed by atoms with Gasteiger partial charge < -0.3 is 15.8 Å². The third kappa shape index (κ3) is 5.87. The van der Waals surface area contributed by atoms with Gasteiger partial charge in [0.05, 0.1) is 13.0 Å². The fourth-order valence-electron chi connectivity index (χ4n) is 2.07. The Balaban J connectivity index is 2.31. The minimum Gasteiger partial charge on any atom is -0.493 e. The van der Waals surface area contributed by atoms with Gasteiger partial charge in [-0.3, -0.25) is 4.79 Å². The topological polar surface area (TPSA) is 64.3 Å². The summed E-state index contributed by atoms with van der Waals surface area (Å²) < 4.78 is 5.67. The standard InChI is InChI=1S/C16H26N2O2S/c1-4-16(5-2,21-3)12-18-15(19)9-10-20-14-8-6-7-13(17)11-14/h6-8,11H,4-5,9-10,12,17H2,1-3H3,(H,18,19). The summed E-state index contributed by atoms with van der Waals surface area (Å²) in [5.41, 5.74) is 6.33. The SMILES string of the molecule is CCC(CC)(CNC(=O)CCOc1cccc(N)c1)SC. The largest absolute Gasteiger partial charge is 0.493 e. The highest BCUT2D eigenvalue weighted by Gasteiger charge is 2.25. The van der Waals surface area contributed by atoms with Gasteiger partial charge in [0.25, 0.3) is 0 Å². The van der Waals surface area contributed by atoms with E-state index in [0.29, 0.717) is 31.0 Å². The maximum Gasteiger partial charge on any atom is 0.223 e. The van der Waals surface area contributed by atoms with E-state index >= 15 is 0 Å². The lowest BCUT2D eigenvalue weighted by molar-refractivity contribution is -0.121. The zero-order valence-corrected chi connectivity index (χ0v) is 14.0. The van der Waals surface area contributed by atoms with Crippen molar-refractivity contribution in [3.63, 3.8) is 0 Å². The summed E-state index contributed by atoms with van der Waals surface area (Å²) in [5, 5.41) is 3.01. The number of nitrogens with one attached hydrogen (secondary N) is 1. The van der Waals surface area contributed by atoms with Crippen LogP contribution < -0.4 is 15.8 Å². The van der Waals surface area contributed by atoms with Crippen molar-refractivity contribution in [3.8, 4) is 5.75 Å². The van der Waals surface area contributed by atoms with Crippen molar-refractivity contribution in [3.05, 3.63) is 24.3 Å². The quantitative estimate of drug-likeness (QED) is 0.688. The maximum absolute atomic E-state index is 11.9. The van der Waals surface area contributed by atoms with E-state index in [1.165, 1.54) is 0 Å². The van der Waals surface area contributed by atoms with Gasteiger partial charge in [-0.1, -0.05) is 19.9 Å². The summed E-state index contributed by atoms with van der Waals surface area (Å²) in [6, 6.07) is 7.23. The van der Waals surface area contributed by atoms with Gasteiger partial charge in [-0.25, -0.2) is 0 Å². The molecule has 0 atom stereocenters. The monoisotopic (exact) mass is 310 g/mol. The maximum atomic E-state index is 11.9. The molecule has 0 saturated heterocycles. The summed E-state index contributed by atoms with van der Waals surface area (Å²) in [5.74, 6) is 0.725. The van der Waals surface area contributed by atoms with Gasteiger partial charge >= 0.3 is 0 Å². The van der Waals surface area contributed by atoms with Crippen LogP contribution in [0.4, 0.5) is 5.69 Å². The van der Waals surface area contributed by atoms with E-state index in [2.05, 4.69) is 25.4 Å². The van der Waals surface area contributed by atoms with Crippen molar-refractivity contribution >= 4 is 23.4 Å². The van der Waals surface area contributed by atoms with Crippen LogP contribution in [-0.2, 0) is 4.79 Å². The van der Waals surface area contributed by atoms with E-state index < -0.39 is 0 Å². The number of ether oxygens (including phenoxy) is 1. The molecule has 0 unspecified atom stereocenters. The molecule has 1 rings (SSSR count). The van der Waals surface area contributed by atoms with Crippen LogP contribution in [0.5, 0.6) is 5.75 Å². The zero-order valence-electron chi connectivity index (χ0n) is 13.1. The highest BCUT2D eigenvalue weighted by molar-refractivity contribution is 8.00. The van der Waals surface area contributed by atoms with E-state index in [4.69, 9.17) is 10.5 Å². The smallest absolute Gasteiger partial charge is 0.223 e. The first-order chi connectivity index (χ1) is 10.0. The lowest BCUT2D eigenvalue weighted by Gasteiger charge is -2.29. The molecule has 0 aliphatic heterocycles. The number of nitrogen functional groups attached to an aromatic ring is 1. The van der Waals surface area contributed by atoms with E-state index in [1.807, 2.05) is 23.9 Å². The molecule has 4 nitrogen and oxygen atoms in total. The Kier molecular flexibility index (Phi) is 7.43. The van der Waals surface area contributed by atoms with Gasteiger partial charge in [0, 0.05) is 23.0 Å². The molecule has 0 bridgehead atoms. The number of nitrogens with two attached hydrogens (primary N) is 1. The molecule has 0 heterocycles. The summed E-state index contributed by atoms with van der Waals surface area (Å²) in [7, 11) is 0. The van der Waals surface area contributed by atoms with Crippen LogP contribution in [0, 0.1) is 0 Å². The summed E-state index contributed by atoms with van der Waals surface area (Å²) in [4.78, 5) is 11.9. The normalized spacial score (nSPS) is 11.2. The molecule has 0 aliphatic carbocycles. The Hall–Kier alpha value is -1.36. The number of thioether (sulfide) groups is 1. The highest BCUT2D eigenvalue weighted by Crippen LogP contribution is 2.29. The second kappa shape index (κ2) is 8.82. The van der Waals surface area contributed by atoms with Crippen molar-refractivity contribution in [2.75, 3.05) is 25.1 Å². The number of hydrogen-bond acceptors (Lipinski definition) is 4. The summed E-state index contributed by atoms with van der Waals surface area (Å²) in [6.07, 6.45) is 4.55. The van der Waals surface area contributed by atoms with Crippen LogP contribution in [0.2, 0.25) is 0 Å². The molecule has 0 fully saturated rings. The Labute approximate surface area is 131 Å². The number of benzene rings is 1. The average molecular weight is 310 g/mol. The van der Waals surface area contributed by atoms with Crippen molar-refractivity contribution in [2.24, 2.45) is 0 Å². The number of anilines is 1. The van der Waals surface area contributed by atoms with Crippen molar-refractivity contribution < 1.29 is 9.53 Å². The molecule has 1 aromatic carbocycles. The molecular weight excluding hydrogens is 284 g/mol. The first-order valence-electron chi connectivity index (χ1n) is 7.35. The van der Waals surface area contributed by atoms with Gasteiger partial charge in [0.15, 0.2) is 0 Å². The molecule has 0 spiro atoms. The van der Waals surface area contributed by atoms with Crippen LogP contribution in [0.15, 0.2) is 24.3 Å². The third-order valence-corrected chi connectivity index (χ3v) is 5.37. The van der Waals surface area contributed by atoms with E-state index in [0.717, 1.165) is 12.8 Å². The van der Waals surface area contributed by atoms with Crippen LogP contribution in [-0.4, -0.2) is 30.1 Å². The molecule has 1 amide bonds. The predicted octanol–water partition coefficient (Wildman–Crippen LogP) is 3.08. The molecule has 118 valence electrons. The lowest BCUT2D eigenvalue weighted by atomic mass is 10.0. The molecule has 21 heavy (non-hydrogen) atoms. The molecule has 0 aliphatic rings. The second-order valence-electron chi connectivity index (χ2n) is 5.04. The van der Waals surface area contributed by atoms with Gasteiger partial charge in [-0.2, -0.15) is 11.8 Å². The van der Waals surface area contributed by atoms with Crippen LogP contribution in [0.1, 0.15) is 33.1 Å². The van der Waals surface area contributed by atoms with E-state index in [-0.39, 0.29) is 10.7 Å². The first-order valence-corrected chi connectivity index (χ1v) is 8.58. The number of amides is 1. The minimum atomic E-state index is 0.0271. The molecular formula is C16H26N2O2S. The predicted molar refractivity (Wildman–Crippen MR) is 90.8 cm³/mol. The van der Waals surface area contributed by atoms with Crippen molar-refractivity contribution in [1.29, 1.82) is 0 Å². The second-order valence-corrected chi connectivity index (χ2v) is 6.32. The third-order valence-electron chi connectivity index (χ3n) is 3.79. The molecule has 1 aromatic rings. The van der Waals surface area contributed by atoms with E-state index in [1.54, 1.807) is 12.1 Å². The zero-order chi connectivity index (χ0) is 15.7. The van der Waals surface area contributed by atoms with Crippen LogP contribution in [0.25, 0.3) is 0 Å². The molecule has 3 N–H and O–H groups in total. The van der Waals surface area contributed by atoms with E-state index in [9.17, 15) is 4.79 Å². The minimum absolute atomic E-state index is 0.0271. The fraction of sp³-hybridized carbons (Fsp3) is 0.562. The van der Waals surface area contributed by atoms with Crippen LogP contribution in [0.3, 0.4) is 0 Å².